The Morgan fingerprint density at radius 3 is 2.13 bits per heavy atom. The molecule has 0 N–H and O–H groups in total. The van der Waals surface area contributed by atoms with Crippen LogP contribution in [-0.2, 0) is 4.79 Å². The van der Waals surface area contributed by atoms with Crippen molar-refractivity contribution in [2.75, 3.05) is 21.1 Å². The molecular formula is C10H17N3O2. The molecule has 1 rings (SSSR count). The average Bonchev–Trinajstić information content (AvgIpc) is 2.29. The molecule has 1 heterocycles. The lowest BCUT2D eigenvalue weighted by Gasteiger charge is -2.16. The van der Waals surface area contributed by atoms with Crippen molar-refractivity contribution >= 4 is 11.9 Å². The fourth-order valence-electron chi connectivity index (χ4n) is 1.46. The topological polar surface area (TPSA) is 43.9 Å². The first kappa shape index (κ1) is 11.6. The molecule has 1 saturated heterocycles. The van der Waals surface area contributed by atoms with E-state index in [-0.39, 0.29) is 18.0 Å². The van der Waals surface area contributed by atoms with Crippen LogP contribution < -0.4 is 0 Å². The van der Waals surface area contributed by atoms with E-state index in [1.54, 1.807) is 18.1 Å². The third-order valence-electron chi connectivity index (χ3n) is 2.19. The van der Waals surface area contributed by atoms with Gasteiger partial charge in [-0.05, 0) is 13.8 Å². The molecule has 3 amide bonds. The van der Waals surface area contributed by atoms with Gasteiger partial charge in [-0.3, -0.25) is 14.6 Å². The molecule has 0 atom stereocenters. The molecule has 0 bridgehead atoms. The van der Waals surface area contributed by atoms with Gasteiger partial charge in [-0.2, -0.15) is 0 Å². The van der Waals surface area contributed by atoms with Crippen molar-refractivity contribution < 1.29 is 9.59 Å². The van der Waals surface area contributed by atoms with Gasteiger partial charge in [0.15, 0.2) is 0 Å². The van der Waals surface area contributed by atoms with E-state index in [9.17, 15) is 9.59 Å². The molecule has 1 fully saturated rings. The number of urea groups is 1. The minimum Gasteiger partial charge on any atom is -0.382 e. The predicted molar refractivity (Wildman–Crippen MR) is 56.9 cm³/mol. The first-order valence-corrected chi connectivity index (χ1v) is 4.85. The molecule has 15 heavy (non-hydrogen) atoms. The van der Waals surface area contributed by atoms with Crippen LogP contribution >= 0.6 is 0 Å². The van der Waals surface area contributed by atoms with Crippen LogP contribution in [-0.4, -0.2) is 53.8 Å². The Morgan fingerprint density at radius 2 is 1.80 bits per heavy atom. The van der Waals surface area contributed by atoms with E-state index < -0.39 is 0 Å². The van der Waals surface area contributed by atoms with Gasteiger partial charge in [-0.25, -0.2) is 4.79 Å². The van der Waals surface area contributed by atoms with E-state index in [1.165, 1.54) is 9.80 Å². The Balaban J connectivity index is 3.06. The van der Waals surface area contributed by atoms with Crippen LogP contribution in [0, 0.1) is 0 Å². The fourth-order valence-corrected chi connectivity index (χ4v) is 1.46. The second-order valence-corrected chi connectivity index (χ2v) is 4.09. The van der Waals surface area contributed by atoms with E-state index in [2.05, 4.69) is 0 Å². The highest BCUT2D eigenvalue weighted by Gasteiger charge is 2.40. The molecule has 0 unspecified atom stereocenters. The summed E-state index contributed by atoms with van der Waals surface area (Å²) in [6.45, 7) is 3.64. The first-order valence-electron chi connectivity index (χ1n) is 4.85. The summed E-state index contributed by atoms with van der Waals surface area (Å²) in [5.41, 5.74) is 0.415. The first-order chi connectivity index (χ1) is 6.86. The van der Waals surface area contributed by atoms with Gasteiger partial charge < -0.3 is 4.90 Å². The van der Waals surface area contributed by atoms with Gasteiger partial charge in [-0.15, -0.1) is 0 Å². The quantitative estimate of drug-likeness (QED) is 0.498. The molecule has 0 radical (unpaired) electrons. The lowest BCUT2D eigenvalue weighted by atomic mass is 10.3. The molecule has 5 nitrogen and oxygen atoms in total. The van der Waals surface area contributed by atoms with Gasteiger partial charge in [0.05, 0.1) is 0 Å². The Morgan fingerprint density at radius 1 is 1.27 bits per heavy atom. The molecule has 0 aromatic rings. The van der Waals surface area contributed by atoms with E-state index >= 15 is 0 Å². The number of carbonyl (C=O) groups excluding carboxylic acids is 2. The minimum atomic E-state index is -0.261. The van der Waals surface area contributed by atoms with E-state index in [0.29, 0.717) is 5.70 Å². The summed E-state index contributed by atoms with van der Waals surface area (Å²) in [4.78, 5) is 28.0. The van der Waals surface area contributed by atoms with Crippen LogP contribution in [0.25, 0.3) is 0 Å². The summed E-state index contributed by atoms with van der Waals surface area (Å²) in [6, 6.07) is -0.372. The summed E-state index contributed by atoms with van der Waals surface area (Å²) in [7, 11) is 5.24. The Bertz CT molecular complexity index is 321. The molecule has 0 aromatic carbocycles. The fraction of sp³-hybridized carbons (Fsp3) is 0.600. The molecule has 0 saturated carbocycles. The van der Waals surface area contributed by atoms with Gasteiger partial charge in [0, 0.05) is 33.4 Å². The maximum atomic E-state index is 11.9. The van der Waals surface area contributed by atoms with Crippen molar-refractivity contribution in [1.82, 2.24) is 14.7 Å². The molecule has 0 spiro atoms. The lowest BCUT2D eigenvalue weighted by Crippen LogP contribution is -2.37. The van der Waals surface area contributed by atoms with Crippen molar-refractivity contribution in [2.24, 2.45) is 0 Å². The Hall–Kier alpha value is -1.52. The average molecular weight is 211 g/mol. The summed E-state index contributed by atoms with van der Waals surface area (Å²) < 4.78 is 0. The zero-order valence-electron chi connectivity index (χ0n) is 9.81. The number of hydrogen-bond acceptors (Lipinski definition) is 3. The van der Waals surface area contributed by atoms with Crippen LogP contribution in [0.3, 0.4) is 0 Å². The standard InChI is InChI=1S/C10H17N3O2/c1-7(2)13-9(14)8(6-11(3)4)12(5)10(13)15/h6-7H,1-5H3. The molecule has 0 aliphatic carbocycles. The van der Waals surface area contributed by atoms with Crippen LogP contribution in [0.1, 0.15) is 13.8 Å². The van der Waals surface area contributed by atoms with Gasteiger partial charge in [0.25, 0.3) is 5.91 Å². The van der Waals surface area contributed by atoms with Crippen LogP contribution in [0.4, 0.5) is 4.79 Å². The number of likely N-dealkylation sites (N-methyl/N-ethyl adjacent to an activating group) is 1. The number of imide groups is 1. The monoisotopic (exact) mass is 211 g/mol. The predicted octanol–water partition coefficient (Wildman–Crippen LogP) is 0.692. The van der Waals surface area contributed by atoms with E-state index in [1.807, 2.05) is 27.9 Å². The van der Waals surface area contributed by atoms with E-state index in [0.717, 1.165) is 0 Å². The van der Waals surface area contributed by atoms with Crippen molar-refractivity contribution in [3.05, 3.63) is 11.9 Å². The summed E-state index contributed by atoms with van der Waals surface area (Å²) in [5.74, 6) is -0.230. The van der Waals surface area contributed by atoms with Crippen molar-refractivity contribution in [1.29, 1.82) is 0 Å². The van der Waals surface area contributed by atoms with Crippen LogP contribution in [0.5, 0.6) is 0 Å². The SMILES string of the molecule is CC(C)N1C(=O)C(=CN(C)C)N(C)C1=O. The molecule has 1 aliphatic rings. The second-order valence-electron chi connectivity index (χ2n) is 4.09. The zero-order chi connectivity index (χ0) is 11.7. The highest BCUT2D eigenvalue weighted by Crippen LogP contribution is 2.21. The van der Waals surface area contributed by atoms with Gasteiger partial charge in [-0.1, -0.05) is 0 Å². The summed E-state index contributed by atoms with van der Waals surface area (Å²) in [5, 5.41) is 0. The third kappa shape index (κ3) is 1.95. The number of amides is 3. The van der Waals surface area contributed by atoms with Gasteiger partial charge >= 0.3 is 6.03 Å². The number of carbonyl (C=O) groups is 2. The zero-order valence-corrected chi connectivity index (χ0v) is 9.81. The lowest BCUT2D eigenvalue weighted by molar-refractivity contribution is -0.124. The van der Waals surface area contributed by atoms with Crippen molar-refractivity contribution in [2.45, 2.75) is 19.9 Å². The molecule has 5 heteroatoms. The number of nitrogens with zero attached hydrogens (tertiary/aromatic N) is 3. The highest BCUT2D eigenvalue weighted by atomic mass is 16.2. The Labute approximate surface area is 89.9 Å². The minimum absolute atomic E-state index is 0.111. The smallest absolute Gasteiger partial charge is 0.331 e. The van der Waals surface area contributed by atoms with Crippen LogP contribution in [0.2, 0.25) is 0 Å². The maximum Gasteiger partial charge on any atom is 0.331 e. The highest BCUT2D eigenvalue weighted by molar-refractivity contribution is 6.11. The summed E-state index contributed by atoms with van der Waals surface area (Å²) >= 11 is 0. The summed E-state index contributed by atoms with van der Waals surface area (Å²) in [6.07, 6.45) is 1.66. The molecule has 0 aromatic heterocycles. The maximum absolute atomic E-state index is 11.9. The van der Waals surface area contributed by atoms with Gasteiger partial charge in [0.1, 0.15) is 5.70 Å². The molecule has 1 aliphatic heterocycles. The van der Waals surface area contributed by atoms with Crippen LogP contribution in [0.15, 0.2) is 11.9 Å². The largest absolute Gasteiger partial charge is 0.382 e. The number of rotatable bonds is 2. The second kappa shape index (κ2) is 3.92. The normalized spacial score (nSPS) is 19.7. The van der Waals surface area contributed by atoms with Gasteiger partial charge in [0.2, 0.25) is 0 Å². The van der Waals surface area contributed by atoms with E-state index in [4.69, 9.17) is 0 Å². The third-order valence-corrected chi connectivity index (χ3v) is 2.19. The van der Waals surface area contributed by atoms with Crippen molar-refractivity contribution in [3.63, 3.8) is 0 Å². The number of hydrogen-bond donors (Lipinski definition) is 0. The molecule has 84 valence electrons. The Kier molecular flexibility index (Phi) is 3.02. The van der Waals surface area contributed by atoms with Crippen molar-refractivity contribution in [3.8, 4) is 0 Å². The molecular weight excluding hydrogens is 194 g/mol.